The first kappa shape index (κ1) is 17.8. The Hall–Kier alpha value is -2.64. The van der Waals surface area contributed by atoms with E-state index < -0.39 is 0 Å². The highest BCUT2D eigenvalue weighted by Gasteiger charge is 2.21. The van der Waals surface area contributed by atoms with Gasteiger partial charge in [-0.1, -0.05) is 18.2 Å². The van der Waals surface area contributed by atoms with Gasteiger partial charge in [-0.3, -0.25) is 0 Å². The van der Waals surface area contributed by atoms with Gasteiger partial charge in [0.2, 0.25) is 5.89 Å². The molecule has 1 N–H and O–H groups in total. The average molecular weight is 383 g/mol. The molecular weight excluding hydrogens is 360 g/mol. The van der Waals surface area contributed by atoms with Crippen molar-refractivity contribution in [3.8, 4) is 17.2 Å². The third kappa shape index (κ3) is 4.04. The average Bonchev–Trinajstić information content (AvgIpc) is 3.10. The predicted octanol–water partition coefficient (Wildman–Crippen LogP) is 2.24. The van der Waals surface area contributed by atoms with Crippen LogP contribution in [-0.4, -0.2) is 43.1 Å². The molecule has 4 rings (SSSR count). The fraction of sp³-hybridized carbons (Fsp3) is 0.300. The second kappa shape index (κ2) is 7.94. The molecule has 1 aliphatic heterocycles. The number of hydrogen-bond donors (Lipinski definition) is 1. The summed E-state index contributed by atoms with van der Waals surface area (Å²) < 4.78 is 12.7. The largest absolute Gasteiger partial charge is 0.497 e. The van der Waals surface area contributed by atoms with Gasteiger partial charge < -0.3 is 19.0 Å². The molecule has 0 saturated carbocycles. The normalized spacial score (nSPS) is 15.1. The van der Waals surface area contributed by atoms with Crippen molar-refractivity contribution >= 4 is 17.9 Å². The number of ether oxygens (including phenoxy) is 1. The van der Waals surface area contributed by atoms with Crippen LogP contribution in [0.4, 0.5) is 5.69 Å². The van der Waals surface area contributed by atoms with Gasteiger partial charge in [-0.25, -0.2) is 0 Å². The Bertz CT molecular complexity index is 929. The van der Waals surface area contributed by atoms with Crippen molar-refractivity contribution in [3.63, 3.8) is 0 Å². The summed E-state index contributed by atoms with van der Waals surface area (Å²) in [5, 5.41) is 4.57. The van der Waals surface area contributed by atoms with E-state index in [1.54, 1.807) is 11.8 Å². The molecule has 1 fully saturated rings. The molecule has 6 nitrogen and oxygen atoms in total. The molecule has 3 aromatic rings. The van der Waals surface area contributed by atoms with Crippen LogP contribution in [0.5, 0.6) is 5.75 Å². The van der Waals surface area contributed by atoms with Crippen molar-refractivity contribution in [2.75, 3.05) is 38.2 Å². The minimum atomic E-state index is 0.430. The van der Waals surface area contributed by atoms with Crippen LogP contribution in [0, 0.1) is 4.84 Å². The van der Waals surface area contributed by atoms with Crippen molar-refractivity contribution in [2.45, 2.75) is 6.67 Å². The van der Waals surface area contributed by atoms with Gasteiger partial charge in [0.15, 0.2) is 6.67 Å². The number of benzene rings is 2. The Kier molecular flexibility index (Phi) is 5.22. The summed E-state index contributed by atoms with van der Waals surface area (Å²) in [5.74, 6) is 1.47. The molecule has 1 aromatic heterocycles. The molecule has 27 heavy (non-hydrogen) atoms. The van der Waals surface area contributed by atoms with Crippen LogP contribution in [0.2, 0.25) is 0 Å². The first-order chi connectivity index (χ1) is 13.2. The van der Waals surface area contributed by atoms with Crippen LogP contribution in [-0.2, 0) is 6.67 Å². The van der Waals surface area contributed by atoms with Crippen LogP contribution in [0.15, 0.2) is 59.0 Å². The molecule has 0 radical (unpaired) electrons. The van der Waals surface area contributed by atoms with Gasteiger partial charge in [0.25, 0.3) is 4.84 Å². The fourth-order valence-electron chi connectivity index (χ4n) is 3.35. The first-order valence-electron chi connectivity index (χ1n) is 9.09. The molecule has 0 aliphatic carbocycles. The van der Waals surface area contributed by atoms with Crippen LogP contribution < -0.4 is 14.5 Å². The van der Waals surface area contributed by atoms with Gasteiger partial charge >= 0.3 is 0 Å². The van der Waals surface area contributed by atoms with E-state index in [0.717, 1.165) is 44.2 Å². The van der Waals surface area contributed by atoms with Crippen molar-refractivity contribution in [3.05, 3.63) is 59.4 Å². The SMILES string of the molecule is COc1ccc(N2CC[NH+](Cn3nc(-c4ccccc4)oc3=S)CC2)cc1. The second-order valence-electron chi connectivity index (χ2n) is 6.63. The monoisotopic (exact) mass is 383 g/mol. The molecule has 140 valence electrons. The quantitative estimate of drug-likeness (QED) is 0.685. The third-order valence-corrected chi connectivity index (χ3v) is 5.20. The molecule has 0 amide bonds. The molecule has 0 bridgehead atoms. The third-order valence-electron chi connectivity index (χ3n) is 4.91. The van der Waals surface area contributed by atoms with Crippen molar-refractivity contribution in [1.29, 1.82) is 0 Å². The maximum absolute atomic E-state index is 5.69. The fourth-order valence-corrected chi connectivity index (χ4v) is 3.53. The topological polar surface area (TPSA) is 47.9 Å². The smallest absolute Gasteiger partial charge is 0.292 e. The highest BCUT2D eigenvalue weighted by Crippen LogP contribution is 2.19. The van der Waals surface area contributed by atoms with E-state index in [0.29, 0.717) is 10.7 Å². The molecule has 1 aliphatic rings. The molecule has 2 heterocycles. The van der Waals surface area contributed by atoms with Crippen LogP contribution in [0.1, 0.15) is 0 Å². The molecular formula is C20H23N4O2S+. The van der Waals surface area contributed by atoms with E-state index >= 15 is 0 Å². The first-order valence-corrected chi connectivity index (χ1v) is 9.50. The molecule has 0 atom stereocenters. The predicted molar refractivity (Wildman–Crippen MR) is 107 cm³/mol. The summed E-state index contributed by atoms with van der Waals surface area (Å²) in [7, 11) is 1.69. The summed E-state index contributed by atoms with van der Waals surface area (Å²) in [6.45, 7) is 4.78. The molecule has 2 aromatic carbocycles. The minimum Gasteiger partial charge on any atom is -0.497 e. The number of aromatic nitrogens is 2. The zero-order valence-electron chi connectivity index (χ0n) is 15.3. The van der Waals surface area contributed by atoms with Crippen molar-refractivity contribution in [1.82, 2.24) is 9.78 Å². The Labute approximate surface area is 163 Å². The lowest BCUT2D eigenvalue weighted by Crippen LogP contribution is -3.14. The van der Waals surface area contributed by atoms with Crippen molar-refractivity contribution < 1.29 is 14.1 Å². The molecule has 7 heteroatoms. The molecule has 0 unspecified atom stereocenters. The lowest BCUT2D eigenvalue weighted by molar-refractivity contribution is -0.924. The van der Waals surface area contributed by atoms with Gasteiger partial charge in [0.1, 0.15) is 5.75 Å². The van der Waals surface area contributed by atoms with Crippen LogP contribution in [0.25, 0.3) is 11.5 Å². The lowest BCUT2D eigenvalue weighted by Gasteiger charge is -2.33. The van der Waals surface area contributed by atoms with E-state index in [-0.39, 0.29) is 0 Å². The number of methoxy groups -OCH3 is 1. The number of nitrogens with zero attached hydrogens (tertiary/aromatic N) is 3. The van der Waals surface area contributed by atoms with E-state index in [9.17, 15) is 0 Å². The zero-order chi connectivity index (χ0) is 18.6. The number of anilines is 1. The highest BCUT2D eigenvalue weighted by atomic mass is 32.1. The Morgan fingerprint density at radius 2 is 1.78 bits per heavy atom. The van der Waals surface area contributed by atoms with Gasteiger partial charge in [0.05, 0.1) is 33.3 Å². The Morgan fingerprint density at radius 1 is 1.07 bits per heavy atom. The number of rotatable bonds is 5. The van der Waals surface area contributed by atoms with Gasteiger partial charge in [-0.2, -0.15) is 4.68 Å². The standard InChI is InChI=1S/C20H22N4O2S/c1-25-18-9-7-17(8-10-18)23-13-11-22(12-14-23)15-24-20(27)26-19(21-24)16-5-3-2-4-6-16/h2-10H,11-15H2,1H3/p+1. The van der Waals surface area contributed by atoms with Crippen LogP contribution in [0.3, 0.4) is 0 Å². The highest BCUT2D eigenvalue weighted by molar-refractivity contribution is 7.71. The number of nitrogens with one attached hydrogen (secondary N) is 1. The van der Waals surface area contributed by atoms with Crippen molar-refractivity contribution in [2.24, 2.45) is 0 Å². The van der Waals surface area contributed by atoms with Gasteiger partial charge in [-0.15, -0.1) is 5.10 Å². The lowest BCUT2D eigenvalue weighted by atomic mass is 10.2. The number of piperazine rings is 1. The Morgan fingerprint density at radius 3 is 2.44 bits per heavy atom. The summed E-state index contributed by atoms with van der Waals surface area (Å²) in [6, 6.07) is 18.1. The maximum Gasteiger partial charge on any atom is 0.292 e. The zero-order valence-corrected chi connectivity index (χ0v) is 16.1. The maximum atomic E-state index is 5.69. The summed E-state index contributed by atoms with van der Waals surface area (Å²) in [6.07, 6.45) is 0. The van der Waals surface area contributed by atoms with E-state index in [2.05, 4.69) is 22.1 Å². The second-order valence-corrected chi connectivity index (χ2v) is 6.98. The van der Waals surface area contributed by atoms with E-state index in [4.69, 9.17) is 21.4 Å². The van der Waals surface area contributed by atoms with Gasteiger partial charge in [-0.05, 0) is 48.6 Å². The Balaban J connectivity index is 1.38. The van der Waals surface area contributed by atoms with E-state index in [1.807, 2.05) is 42.5 Å². The molecule has 1 saturated heterocycles. The minimum absolute atomic E-state index is 0.430. The van der Waals surface area contributed by atoms with Gasteiger partial charge in [0, 0.05) is 11.3 Å². The summed E-state index contributed by atoms with van der Waals surface area (Å²) in [4.78, 5) is 4.28. The molecule has 0 spiro atoms. The number of quaternary nitrogens is 1. The van der Waals surface area contributed by atoms with Crippen LogP contribution >= 0.6 is 12.2 Å². The van der Waals surface area contributed by atoms with E-state index in [1.165, 1.54) is 10.6 Å². The summed E-state index contributed by atoms with van der Waals surface area (Å²) in [5.41, 5.74) is 2.18. The number of hydrogen-bond acceptors (Lipinski definition) is 5. The summed E-state index contributed by atoms with van der Waals surface area (Å²) >= 11 is 5.36.